The molecule has 0 radical (unpaired) electrons. The van der Waals surface area contributed by atoms with Crippen LogP contribution in [-0.4, -0.2) is 33.8 Å². The first-order valence-corrected chi connectivity index (χ1v) is 6.10. The van der Waals surface area contributed by atoms with Crippen molar-refractivity contribution in [2.45, 2.75) is 20.0 Å². The number of halogens is 1. The molecule has 19 heavy (non-hydrogen) atoms. The molecular formula is C11H14ClN5O2. The van der Waals surface area contributed by atoms with Gasteiger partial charge in [0.05, 0.1) is 0 Å². The van der Waals surface area contributed by atoms with Crippen LogP contribution in [0.25, 0.3) is 0 Å². The lowest BCUT2D eigenvalue weighted by Crippen LogP contribution is -2.08. The third-order valence-corrected chi connectivity index (χ3v) is 2.42. The van der Waals surface area contributed by atoms with Crippen LogP contribution < -0.4 is 5.32 Å². The minimum Gasteiger partial charge on any atom is -0.377 e. The van der Waals surface area contributed by atoms with Crippen LogP contribution in [0.2, 0.25) is 5.15 Å². The van der Waals surface area contributed by atoms with E-state index < -0.39 is 0 Å². The average Bonchev–Trinajstić information content (AvgIpc) is 2.75. The number of ether oxygens (including phenoxy) is 1. The van der Waals surface area contributed by atoms with Crippen LogP contribution in [0.15, 0.2) is 10.6 Å². The highest BCUT2D eigenvalue weighted by molar-refractivity contribution is 6.29. The molecule has 0 spiro atoms. The quantitative estimate of drug-likeness (QED) is 0.806. The largest absolute Gasteiger partial charge is 0.377 e. The summed E-state index contributed by atoms with van der Waals surface area (Å²) in [6, 6.07) is 1.65. The van der Waals surface area contributed by atoms with E-state index in [1.54, 1.807) is 20.1 Å². The topological polar surface area (TPSA) is 86.0 Å². The summed E-state index contributed by atoms with van der Waals surface area (Å²) in [7, 11) is 1.58. The molecule has 2 aromatic rings. The van der Waals surface area contributed by atoms with E-state index in [0.717, 1.165) is 0 Å². The van der Waals surface area contributed by atoms with Gasteiger partial charge in [0.25, 0.3) is 0 Å². The van der Waals surface area contributed by atoms with Crippen molar-refractivity contribution in [2.24, 2.45) is 0 Å². The van der Waals surface area contributed by atoms with E-state index in [2.05, 4.69) is 25.4 Å². The van der Waals surface area contributed by atoms with Crippen LogP contribution in [0.5, 0.6) is 0 Å². The smallest absolute Gasteiger partial charge is 0.228 e. The maximum absolute atomic E-state index is 5.90. The molecule has 2 aromatic heterocycles. The zero-order valence-corrected chi connectivity index (χ0v) is 11.4. The molecule has 0 saturated carbocycles. The number of rotatable bonds is 6. The highest BCUT2D eigenvalue weighted by atomic mass is 35.5. The maximum Gasteiger partial charge on any atom is 0.228 e. The number of methoxy groups -OCH3 is 1. The molecule has 7 nitrogen and oxygen atoms in total. The number of nitrogens with one attached hydrogen (secondary N) is 1. The zero-order chi connectivity index (χ0) is 13.7. The molecule has 0 bridgehead atoms. The Kier molecular flexibility index (Phi) is 4.64. The van der Waals surface area contributed by atoms with Gasteiger partial charge in [0, 0.05) is 26.1 Å². The van der Waals surface area contributed by atoms with E-state index in [1.807, 2.05) is 0 Å². The van der Waals surface area contributed by atoms with Gasteiger partial charge >= 0.3 is 0 Å². The van der Waals surface area contributed by atoms with Crippen molar-refractivity contribution in [3.05, 3.63) is 28.8 Å². The van der Waals surface area contributed by atoms with Crippen molar-refractivity contribution < 1.29 is 9.26 Å². The molecule has 8 heteroatoms. The third-order valence-electron chi connectivity index (χ3n) is 2.23. The van der Waals surface area contributed by atoms with E-state index in [4.69, 9.17) is 20.9 Å². The lowest BCUT2D eigenvalue weighted by Gasteiger charge is -2.06. The minimum atomic E-state index is 0.318. The molecule has 0 aliphatic heterocycles. The van der Waals surface area contributed by atoms with Crippen LogP contribution in [0.1, 0.15) is 17.5 Å². The average molecular weight is 284 g/mol. The highest BCUT2D eigenvalue weighted by Gasteiger charge is 2.05. The molecule has 0 fully saturated rings. The van der Waals surface area contributed by atoms with Crippen molar-refractivity contribution in [1.82, 2.24) is 20.1 Å². The summed E-state index contributed by atoms with van der Waals surface area (Å²) in [5.41, 5.74) is 0. The Bertz CT molecular complexity index is 546. The first-order chi connectivity index (χ1) is 9.17. The fourth-order valence-corrected chi connectivity index (χ4v) is 1.69. The second kappa shape index (κ2) is 6.44. The molecule has 2 rings (SSSR count). The molecule has 0 aliphatic rings. The third kappa shape index (κ3) is 4.15. The lowest BCUT2D eigenvalue weighted by atomic mass is 10.4. The number of aryl methyl sites for hydroxylation is 1. The highest BCUT2D eigenvalue weighted by Crippen LogP contribution is 2.12. The summed E-state index contributed by atoms with van der Waals surface area (Å²) >= 11 is 5.90. The van der Waals surface area contributed by atoms with Crippen LogP contribution in [0.4, 0.5) is 5.82 Å². The van der Waals surface area contributed by atoms with E-state index >= 15 is 0 Å². The number of hydrogen-bond acceptors (Lipinski definition) is 7. The molecule has 0 saturated heterocycles. The lowest BCUT2D eigenvalue weighted by molar-refractivity contribution is 0.178. The first-order valence-electron chi connectivity index (χ1n) is 5.73. The molecule has 1 N–H and O–H groups in total. The van der Waals surface area contributed by atoms with Gasteiger partial charge in [0.15, 0.2) is 11.6 Å². The Labute approximate surface area is 115 Å². The molecule has 0 amide bonds. The molecule has 0 aliphatic carbocycles. The Morgan fingerprint density at radius 2 is 2.21 bits per heavy atom. The second-order valence-corrected chi connectivity index (χ2v) is 4.22. The van der Waals surface area contributed by atoms with Gasteiger partial charge in [-0.3, -0.25) is 0 Å². The minimum absolute atomic E-state index is 0.318. The van der Waals surface area contributed by atoms with E-state index in [-0.39, 0.29) is 0 Å². The molecule has 102 valence electrons. The summed E-state index contributed by atoms with van der Waals surface area (Å²) in [5.74, 6) is 2.39. The Morgan fingerprint density at radius 3 is 2.89 bits per heavy atom. The van der Waals surface area contributed by atoms with E-state index in [9.17, 15) is 0 Å². The van der Waals surface area contributed by atoms with Crippen molar-refractivity contribution >= 4 is 17.4 Å². The van der Waals surface area contributed by atoms with Gasteiger partial charge in [0.2, 0.25) is 5.89 Å². The molecule has 0 unspecified atom stereocenters. The Hall–Kier alpha value is -1.73. The predicted molar refractivity (Wildman–Crippen MR) is 69.0 cm³/mol. The monoisotopic (exact) mass is 283 g/mol. The van der Waals surface area contributed by atoms with Gasteiger partial charge in [0.1, 0.15) is 17.6 Å². The molecular weight excluding hydrogens is 270 g/mol. The van der Waals surface area contributed by atoms with Crippen molar-refractivity contribution in [3.63, 3.8) is 0 Å². The van der Waals surface area contributed by atoms with Gasteiger partial charge in [-0.05, 0) is 6.92 Å². The van der Waals surface area contributed by atoms with Gasteiger partial charge in [-0.15, -0.1) is 0 Å². The SMILES string of the molecule is COCc1nc(Cl)cc(NCCc2nc(C)no2)n1. The number of nitrogens with zero attached hydrogens (tertiary/aromatic N) is 4. The molecule has 0 aromatic carbocycles. The standard InChI is InChI=1S/C11H14ClN5O2/c1-7-14-11(19-17-7)3-4-13-9-5-8(12)15-10(16-9)6-18-2/h5H,3-4,6H2,1-2H3,(H,13,15,16). The number of hydrogen-bond donors (Lipinski definition) is 1. The fourth-order valence-electron chi connectivity index (χ4n) is 1.49. The van der Waals surface area contributed by atoms with Crippen LogP contribution in [0, 0.1) is 6.92 Å². The fraction of sp³-hybridized carbons (Fsp3) is 0.455. The number of aromatic nitrogens is 4. The van der Waals surface area contributed by atoms with Crippen LogP contribution in [-0.2, 0) is 17.8 Å². The van der Waals surface area contributed by atoms with Gasteiger partial charge < -0.3 is 14.6 Å². The van der Waals surface area contributed by atoms with E-state index in [1.165, 1.54) is 0 Å². The van der Waals surface area contributed by atoms with Crippen molar-refractivity contribution in [2.75, 3.05) is 19.0 Å². The summed E-state index contributed by atoms with van der Waals surface area (Å²) in [6.45, 7) is 2.71. The predicted octanol–water partition coefficient (Wildman–Crippen LogP) is 1.62. The Balaban J connectivity index is 1.91. The summed E-state index contributed by atoms with van der Waals surface area (Å²) in [6.07, 6.45) is 0.613. The molecule has 2 heterocycles. The van der Waals surface area contributed by atoms with E-state index in [0.29, 0.717) is 48.1 Å². The zero-order valence-electron chi connectivity index (χ0n) is 10.7. The normalized spacial score (nSPS) is 10.7. The first kappa shape index (κ1) is 13.7. The summed E-state index contributed by atoms with van der Waals surface area (Å²) in [5, 5.41) is 7.21. The summed E-state index contributed by atoms with van der Waals surface area (Å²) in [4.78, 5) is 12.4. The van der Waals surface area contributed by atoms with Gasteiger partial charge in [-0.25, -0.2) is 9.97 Å². The van der Waals surface area contributed by atoms with Gasteiger partial charge in [-0.1, -0.05) is 16.8 Å². The van der Waals surface area contributed by atoms with Gasteiger partial charge in [-0.2, -0.15) is 4.98 Å². The number of anilines is 1. The molecule has 0 atom stereocenters. The Morgan fingerprint density at radius 1 is 1.37 bits per heavy atom. The second-order valence-electron chi connectivity index (χ2n) is 3.84. The summed E-state index contributed by atoms with van der Waals surface area (Å²) < 4.78 is 9.98. The van der Waals surface area contributed by atoms with Crippen LogP contribution in [0.3, 0.4) is 0 Å². The van der Waals surface area contributed by atoms with Crippen molar-refractivity contribution in [1.29, 1.82) is 0 Å². The van der Waals surface area contributed by atoms with Crippen LogP contribution >= 0.6 is 11.6 Å². The maximum atomic E-state index is 5.90. The van der Waals surface area contributed by atoms with Crippen molar-refractivity contribution in [3.8, 4) is 0 Å².